The predicted molar refractivity (Wildman–Crippen MR) is 115 cm³/mol. The molecule has 0 bridgehead atoms. The molecule has 26 heavy (non-hydrogen) atoms. The van der Waals surface area contributed by atoms with Crippen molar-refractivity contribution in [1.82, 2.24) is 0 Å². The Kier molecular flexibility index (Phi) is 22.1. The second-order valence-corrected chi connectivity index (χ2v) is 8.09. The lowest BCUT2D eigenvalue weighted by Crippen LogP contribution is -2.12. The van der Waals surface area contributed by atoms with Gasteiger partial charge in [0.1, 0.15) is 6.10 Å². The molecule has 0 aliphatic heterocycles. The van der Waals surface area contributed by atoms with Gasteiger partial charge in [-0.1, -0.05) is 117 Å². The summed E-state index contributed by atoms with van der Waals surface area (Å²) in [5, 5.41) is 0. The van der Waals surface area contributed by atoms with Crippen molar-refractivity contribution in [2.24, 2.45) is 0 Å². The third kappa shape index (κ3) is 19.8. The van der Waals surface area contributed by atoms with Crippen molar-refractivity contribution < 1.29 is 9.53 Å². The van der Waals surface area contributed by atoms with E-state index in [1.807, 2.05) is 0 Å². The second kappa shape index (κ2) is 22.5. The quantitative estimate of drug-likeness (QED) is 0.142. The van der Waals surface area contributed by atoms with E-state index in [0.29, 0.717) is 6.47 Å². The first-order chi connectivity index (χ1) is 12.8. The molecular weight excluding hydrogens is 320 g/mol. The van der Waals surface area contributed by atoms with Gasteiger partial charge in [0.25, 0.3) is 6.47 Å². The lowest BCUT2D eigenvalue weighted by molar-refractivity contribution is -0.134. The van der Waals surface area contributed by atoms with Gasteiger partial charge in [-0.05, 0) is 25.7 Å². The van der Waals surface area contributed by atoms with Crippen LogP contribution in [0.15, 0.2) is 0 Å². The normalized spacial score (nSPS) is 12.2. The molecule has 0 saturated heterocycles. The number of hydrogen-bond acceptors (Lipinski definition) is 2. The average Bonchev–Trinajstić information content (AvgIpc) is 2.65. The molecule has 0 amide bonds. The van der Waals surface area contributed by atoms with Gasteiger partial charge in [-0.3, -0.25) is 4.79 Å². The first kappa shape index (κ1) is 25.5. The van der Waals surface area contributed by atoms with Crippen LogP contribution in [0.2, 0.25) is 0 Å². The van der Waals surface area contributed by atoms with Gasteiger partial charge in [-0.15, -0.1) is 0 Å². The molecule has 0 aromatic carbocycles. The van der Waals surface area contributed by atoms with Crippen molar-refractivity contribution in [3.05, 3.63) is 0 Å². The molecule has 0 spiro atoms. The largest absolute Gasteiger partial charge is 0.465 e. The number of unbranched alkanes of at least 4 members (excludes halogenated alkanes) is 16. The third-order valence-corrected chi connectivity index (χ3v) is 5.51. The van der Waals surface area contributed by atoms with Crippen LogP contribution in [-0.2, 0) is 9.53 Å². The maximum Gasteiger partial charge on any atom is 0.293 e. The van der Waals surface area contributed by atoms with Crippen molar-refractivity contribution in [2.45, 2.75) is 148 Å². The van der Waals surface area contributed by atoms with Crippen LogP contribution in [0.4, 0.5) is 0 Å². The lowest BCUT2D eigenvalue weighted by Gasteiger charge is -2.14. The third-order valence-electron chi connectivity index (χ3n) is 5.51. The van der Waals surface area contributed by atoms with Crippen molar-refractivity contribution in [1.29, 1.82) is 0 Å². The van der Waals surface area contributed by atoms with Crippen LogP contribution in [0.1, 0.15) is 142 Å². The fraction of sp³-hybridized carbons (Fsp3) is 0.958. The minimum Gasteiger partial charge on any atom is -0.465 e. The Morgan fingerprint density at radius 2 is 0.846 bits per heavy atom. The Morgan fingerprint density at radius 3 is 1.23 bits per heavy atom. The van der Waals surface area contributed by atoms with E-state index in [2.05, 4.69) is 13.8 Å². The minimum atomic E-state index is 0.168. The van der Waals surface area contributed by atoms with E-state index in [-0.39, 0.29) is 6.10 Å². The van der Waals surface area contributed by atoms with Gasteiger partial charge in [0, 0.05) is 0 Å². The summed E-state index contributed by atoms with van der Waals surface area (Å²) in [4.78, 5) is 10.6. The summed E-state index contributed by atoms with van der Waals surface area (Å²) in [5.41, 5.74) is 0. The minimum absolute atomic E-state index is 0.168. The molecule has 0 fully saturated rings. The highest BCUT2D eigenvalue weighted by molar-refractivity contribution is 5.37. The van der Waals surface area contributed by atoms with E-state index in [1.54, 1.807) is 0 Å². The molecule has 0 saturated carbocycles. The summed E-state index contributed by atoms with van der Waals surface area (Å²) in [7, 11) is 0. The molecule has 156 valence electrons. The van der Waals surface area contributed by atoms with Gasteiger partial charge in [-0.2, -0.15) is 0 Å². The monoisotopic (exact) mass is 368 g/mol. The molecule has 0 aliphatic rings. The van der Waals surface area contributed by atoms with Gasteiger partial charge in [-0.25, -0.2) is 0 Å². The molecule has 0 aliphatic carbocycles. The maximum atomic E-state index is 10.6. The Balaban J connectivity index is 3.25. The van der Waals surface area contributed by atoms with Gasteiger partial charge < -0.3 is 4.74 Å². The van der Waals surface area contributed by atoms with E-state index in [9.17, 15) is 4.79 Å². The number of rotatable bonds is 22. The van der Waals surface area contributed by atoms with E-state index < -0.39 is 0 Å². The summed E-state index contributed by atoms with van der Waals surface area (Å²) >= 11 is 0. The highest BCUT2D eigenvalue weighted by atomic mass is 16.5. The Morgan fingerprint density at radius 1 is 0.538 bits per heavy atom. The molecule has 2 heteroatoms. The van der Waals surface area contributed by atoms with Gasteiger partial charge in [0.15, 0.2) is 0 Å². The van der Waals surface area contributed by atoms with E-state index in [1.165, 1.54) is 116 Å². The predicted octanol–water partition coefficient (Wildman–Crippen LogP) is 8.37. The fourth-order valence-electron chi connectivity index (χ4n) is 3.72. The van der Waals surface area contributed by atoms with Crippen molar-refractivity contribution in [3.8, 4) is 0 Å². The number of carbonyl (C=O) groups is 1. The van der Waals surface area contributed by atoms with Crippen molar-refractivity contribution >= 4 is 6.47 Å². The smallest absolute Gasteiger partial charge is 0.293 e. The van der Waals surface area contributed by atoms with Crippen LogP contribution in [0.3, 0.4) is 0 Å². The molecule has 2 nitrogen and oxygen atoms in total. The SMILES string of the molecule is CCCCCCCCCCCCCCCCCC(CCCCC)OC=O. The zero-order valence-corrected chi connectivity index (χ0v) is 18.1. The molecule has 0 aromatic rings. The van der Waals surface area contributed by atoms with Crippen LogP contribution in [0, 0.1) is 0 Å². The first-order valence-electron chi connectivity index (χ1n) is 11.9. The fourth-order valence-corrected chi connectivity index (χ4v) is 3.72. The summed E-state index contributed by atoms with van der Waals surface area (Å²) in [6.45, 7) is 5.14. The summed E-state index contributed by atoms with van der Waals surface area (Å²) in [6.07, 6.45) is 26.9. The molecule has 0 N–H and O–H groups in total. The Bertz CT molecular complexity index is 265. The molecular formula is C24H48O2. The lowest BCUT2D eigenvalue weighted by atomic mass is 10.0. The number of hydrogen-bond donors (Lipinski definition) is 0. The molecule has 0 aromatic heterocycles. The summed E-state index contributed by atoms with van der Waals surface area (Å²) in [5.74, 6) is 0. The zero-order chi connectivity index (χ0) is 19.1. The molecule has 1 unspecified atom stereocenters. The van der Waals surface area contributed by atoms with Crippen LogP contribution in [0.5, 0.6) is 0 Å². The summed E-state index contributed by atoms with van der Waals surface area (Å²) in [6, 6.07) is 0. The van der Waals surface area contributed by atoms with Gasteiger partial charge in [0.2, 0.25) is 0 Å². The first-order valence-corrected chi connectivity index (χ1v) is 11.9. The van der Waals surface area contributed by atoms with Crippen LogP contribution < -0.4 is 0 Å². The zero-order valence-electron chi connectivity index (χ0n) is 18.1. The maximum absolute atomic E-state index is 10.6. The summed E-state index contributed by atoms with van der Waals surface area (Å²) < 4.78 is 5.23. The highest BCUT2D eigenvalue weighted by Crippen LogP contribution is 2.16. The van der Waals surface area contributed by atoms with Crippen molar-refractivity contribution in [3.63, 3.8) is 0 Å². The topological polar surface area (TPSA) is 26.3 Å². The van der Waals surface area contributed by atoms with Crippen molar-refractivity contribution in [2.75, 3.05) is 0 Å². The van der Waals surface area contributed by atoms with E-state index in [4.69, 9.17) is 4.74 Å². The van der Waals surface area contributed by atoms with Crippen LogP contribution >= 0.6 is 0 Å². The van der Waals surface area contributed by atoms with E-state index in [0.717, 1.165) is 12.8 Å². The molecule has 0 rings (SSSR count). The Hall–Kier alpha value is -0.530. The molecule has 0 radical (unpaired) electrons. The highest BCUT2D eigenvalue weighted by Gasteiger charge is 2.08. The van der Waals surface area contributed by atoms with Crippen LogP contribution in [0.25, 0.3) is 0 Å². The van der Waals surface area contributed by atoms with E-state index >= 15 is 0 Å². The standard InChI is InChI=1S/C24H48O2/c1-3-5-7-8-9-10-11-12-13-14-15-16-17-18-20-22-24(26-23-25)21-19-6-4-2/h23-24H,3-22H2,1-2H3. The number of ether oxygens (including phenoxy) is 1. The molecule has 1 atom stereocenters. The van der Waals surface area contributed by atoms with Gasteiger partial charge >= 0.3 is 0 Å². The van der Waals surface area contributed by atoms with Gasteiger partial charge in [0.05, 0.1) is 0 Å². The molecule has 0 heterocycles. The number of carbonyl (C=O) groups excluding carboxylic acids is 1. The average molecular weight is 369 g/mol. The Labute approximate surface area is 164 Å². The second-order valence-electron chi connectivity index (χ2n) is 8.09. The van der Waals surface area contributed by atoms with Crippen LogP contribution in [-0.4, -0.2) is 12.6 Å².